The smallest absolute Gasteiger partial charge is 0.0454 e. The first-order chi connectivity index (χ1) is 10.9. The molecule has 2 nitrogen and oxygen atoms in total. The van der Waals surface area contributed by atoms with Gasteiger partial charge < -0.3 is 4.98 Å². The molecule has 1 aromatic heterocycles. The fraction of sp³-hybridized carbons (Fsp3) is 0.300. The van der Waals surface area contributed by atoms with Gasteiger partial charge in [-0.25, -0.2) is 0 Å². The van der Waals surface area contributed by atoms with E-state index in [2.05, 4.69) is 64.5 Å². The number of piperidine rings is 1. The quantitative estimate of drug-likeness (QED) is 0.727. The average Bonchev–Trinajstić information content (AvgIpc) is 3.04. The molecule has 0 saturated carbocycles. The molecule has 112 valence electrons. The summed E-state index contributed by atoms with van der Waals surface area (Å²) in [6.45, 7) is 2.25. The molecule has 0 bridgehead atoms. The van der Waals surface area contributed by atoms with Crippen molar-refractivity contribution in [3.05, 3.63) is 71.9 Å². The van der Waals surface area contributed by atoms with Gasteiger partial charge in [0.05, 0.1) is 0 Å². The van der Waals surface area contributed by atoms with Crippen LogP contribution >= 0.6 is 0 Å². The zero-order valence-electron chi connectivity index (χ0n) is 12.8. The first kappa shape index (κ1) is 13.6. The molecule has 1 aliphatic heterocycles. The number of rotatable bonds is 3. The van der Waals surface area contributed by atoms with Gasteiger partial charge in [-0.2, -0.15) is 0 Å². The summed E-state index contributed by atoms with van der Waals surface area (Å²) in [6, 6.07) is 20.4. The third-order valence-corrected chi connectivity index (χ3v) is 4.80. The second-order valence-electron chi connectivity index (χ2n) is 6.29. The van der Waals surface area contributed by atoms with Crippen LogP contribution in [-0.4, -0.2) is 16.4 Å². The van der Waals surface area contributed by atoms with E-state index in [1.54, 1.807) is 0 Å². The number of hydrogen-bond acceptors (Lipinski definition) is 1. The van der Waals surface area contributed by atoms with E-state index in [9.17, 15) is 0 Å². The van der Waals surface area contributed by atoms with Crippen LogP contribution in [0.5, 0.6) is 0 Å². The summed E-state index contributed by atoms with van der Waals surface area (Å²) in [4.78, 5) is 5.93. The molecule has 0 radical (unpaired) electrons. The Morgan fingerprint density at radius 2 is 1.91 bits per heavy atom. The molecular formula is C20H22N2. The van der Waals surface area contributed by atoms with Crippen molar-refractivity contribution in [2.45, 2.75) is 31.8 Å². The molecule has 1 atom stereocenters. The highest BCUT2D eigenvalue weighted by molar-refractivity contribution is 5.80. The summed E-state index contributed by atoms with van der Waals surface area (Å²) in [5.41, 5.74) is 4.11. The van der Waals surface area contributed by atoms with Gasteiger partial charge in [-0.1, -0.05) is 42.8 Å². The molecule has 1 saturated heterocycles. The molecule has 1 N–H and O–H groups in total. The summed E-state index contributed by atoms with van der Waals surface area (Å²) in [7, 11) is 0. The number of H-pyrrole nitrogens is 1. The second kappa shape index (κ2) is 5.98. The van der Waals surface area contributed by atoms with Crippen molar-refractivity contribution in [1.29, 1.82) is 0 Å². The van der Waals surface area contributed by atoms with E-state index in [4.69, 9.17) is 0 Å². The number of benzene rings is 2. The van der Waals surface area contributed by atoms with E-state index in [0.29, 0.717) is 6.04 Å². The zero-order valence-corrected chi connectivity index (χ0v) is 12.8. The van der Waals surface area contributed by atoms with Crippen LogP contribution in [0.4, 0.5) is 0 Å². The van der Waals surface area contributed by atoms with Gasteiger partial charge in [0, 0.05) is 24.3 Å². The average molecular weight is 290 g/mol. The topological polar surface area (TPSA) is 19.0 Å². The highest BCUT2D eigenvalue weighted by Gasteiger charge is 2.24. The van der Waals surface area contributed by atoms with E-state index < -0.39 is 0 Å². The third kappa shape index (κ3) is 2.67. The minimum Gasteiger partial charge on any atom is -0.361 e. The normalized spacial score (nSPS) is 19.5. The van der Waals surface area contributed by atoms with Gasteiger partial charge in [-0.3, -0.25) is 4.90 Å². The summed E-state index contributed by atoms with van der Waals surface area (Å²) >= 11 is 0. The highest BCUT2D eigenvalue weighted by Crippen LogP contribution is 2.33. The maximum atomic E-state index is 3.29. The van der Waals surface area contributed by atoms with Gasteiger partial charge in [0.1, 0.15) is 0 Å². The second-order valence-corrected chi connectivity index (χ2v) is 6.29. The molecular weight excluding hydrogens is 268 g/mol. The number of aromatic nitrogens is 1. The van der Waals surface area contributed by atoms with Crippen molar-refractivity contribution in [2.75, 3.05) is 6.54 Å². The number of nitrogens with one attached hydrogen (secondary N) is 1. The van der Waals surface area contributed by atoms with Gasteiger partial charge in [0.25, 0.3) is 0 Å². The summed E-state index contributed by atoms with van der Waals surface area (Å²) in [6.07, 6.45) is 5.94. The number of likely N-dealkylation sites (tertiary alicyclic amines) is 1. The van der Waals surface area contributed by atoms with Crippen LogP contribution in [0, 0.1) is 0 Å². The summed E-state index contributed by atoms with van der Waals surface area (Å²) in [5, 5.41) is 1.32. The molecule has 3 aromatic rings. The van der Waals surface area contributed by atoms with Crippen LogP contribution in [-0.2, 0) is 6.54 Å². The Bertz CT molecular complexity index is 745. The van der Waals surface area contributed by atoms with E-state index >= 15 is 0 Å². The lowest BCUT2D eigenvalue weighted by molar-refractivity contribution is 0.140. The molecule has 1 fully saturated rings. The van der Waals surface area contributed by atoms with E-state index in [1.807, 2.05) is 6.20 Å². The fourth-order valence-corrected chi connectivity index (χ4v) is 3.65. The monoisotopic (exact) mass is 290 g/mol. The number of aromatic amines is 1. The standard InChI is InChI=1S/C20H22N2/c1-2-6-16(7-3-1)15-22-13-5-4-8-20(22)18-9-10-19-17(14-18)11-12-21-19/h1-3,6-7,9-12,14,20-21H,4-5,8,13,15H2. The third-order valence-electron chi connectivity index (χ3n) is 4.80. The fourth-order valence-electron chi connectivity index (χ4n) is 3.65. The summed E-state index contributed by atoms with van der Waals surface area (Å²) in [5.74, 6) is 0. The van der Waals surface area contributed by atoms with Gasteiger partial charge in [-0.05, 0) is 54.1 Å². The Morgan fingerprint density at radius 3 is 2.82 bits per heavy atom. The van der Waals surface area contributed by atoms with Crippen LogP contribution in [0.3, 0.4) is 0 Å². The van der Waals surface area contributed by atoms with Crippen LogP contribution in [0.25, 0.3) is 10.9 Å². The Morgan fingerprint density at radius 1 is 1.00 bits per heavy atom. The SMILES string of the molecule is c1ccc(CN2CCCCC2c2ccc3[nH]ccc3c2)cc1. The van der Waals surface area contributed by atoms with Crippen LogP contribution < -0.4 is 0 Å². The molecule has 2 aromatic carbocycles. The predicted molar refractivity (Wildman–Crippen MR) is 91.7 cm³/mol. The molecule has 4 rings (SSSR count). The van der Waals surface area contributed by atoms with E-state index in [-0.39, 0.29) is 0 Å². The summed E-state index contributed by atoms with van der Waals surface area (Å²) < 4.78 is 0. The molecule has 2 heteroatoms. The minimum atomic E-state index is 0.549. The lowest BCUT2D eigenvalue weighted by atomic mass is 9.94. The predicted octanol–water partition coefficient (Wildman–Crippen LogP) is 4.90. The van der Waals surface area contributed by atoms with Gasteiger partial charge in [0.15, 0.2) is 0 Å². The van der Waals surface area contributed by atoms with Gasteiger partial charge >= 0.3 is 0 Å². The van der Waals surface area contributed by atoms with Crippen molar-refractivity contribution in [1.82, 2.24) is 9.88 Å². The molecule has 1 unspecified atom stereocenters. The largest absolute Gasteiger partial charge is 0.361 e. The zero-order chi connectivity index (χ0) is 14.8. The maximum Gasteiger partial charge on any atom is 0.0454 e. The van der Waals surface area contributed by atoms with Crippen LogP contribution in [0.2, 0.25) is 0 Å². The Labute approximate surface area is 131 Å². The lowest BCUT2D eigenvalue weighted by Gasteiger charge is -2.36. The van der Waals surface area contributed by atoms with Crippen molar-refractivity contribution in [3.63, 3.8) is 0 Å². The van der Waals surface area contributed by atoms with Crippen LogP contribution in [0.15, 0.2) is 60.8 Å². The van der Waals surface area contributed by atoms with E-state index in [1.165, 1.54) is 47.8 Å². The Hall–Kier alpha value is -2.06. The lowest BCUT2D eigenvalue weighted by Crippen LogP contribution is -2.32. The Kier molecular flexibility index (Phi) is 3.69. The first-order valence-corrected chi connectivity index (χ1v) is 8.25. The number of hydrogen-bond donors (Lipinski definition) is 1. The van der Waals surface area contributed by atoms with Gasteiger partial charge in [0.2, 0.25) is 0 Å². The molecule has 22 heavy (non-hydrogen) atoms. The van der Waals surface area contributed by atoms with Crippen LogP contribution in [0.1, 0.15) is 36.4 Å². The molecule has 0 amide bonds. The molecule has 0 spiro atoms. The van der Waals surface area contributed by atoms with Gasteiger partial charge in [-0.15, -0.1) is 0 Å². The van der Waals surface area contributed by atoms with Crippen molar-refractivity contribution in [2.24, 2.45) is 0 Å². The maximum absolute atomic E-state index is 3.29. The van der Waals surface area contributed by atoms with Crippen molar-refractivity contribution in [3.8, 4) is 0 Å². The highest BCUT2D eigenvalue weighted by atomic mass is 15.2. The number of nitrogens with zero attached hydrogens (tertiary/aromatic N) is 1. The Balaban J connectivity index is 1.62. The number of fused-ring (bicyclic) bond motifs is 1. The molecule has 2 heterocycles. The molecule has 1 aliphatic rings. The first-order valence-electron chi connectivity index (χ1n) is 8.25. The minimum absolute atomic E-state index is 0.549. The van der Waals surface area contributed by atoms with Crippen molar-refractivity contribution >= 4 is 10.9 Å². The molecule has 0 aliphatic carbocycles. The van der Waals surface area contributed by atoms with Crippen molar-refractivity contribution < 1.29 is 0 Å². The van der Waals surface area contributed by atoms with E-state index in [0.717, 1.165) is 6.54 Å².